The summed E-state index contributed by atoms with van der Waals surface area (Å²) >= 11 is 9.21. The van der Waals surface area contributed by atoms with Gasteiger partial charge in [-0.3, -0.25) is 4.79 Å². The number of anilines is 1. The number of hydrogen-bond acceptors (Lipinski definition) is 2. The first-order valence-corrected chi connectivity index (χ1v) is 6.91. The number of nitrogens with one attached hydrogen (secondary N) is 3. The lowest BCUT2D eigenvalue weighted by molar-refractivity contribution is -0.118. The van der Waals surface area contributed by atoms with Gasteiger partial charge >= 0.3 is 6.03 Å². The van der Waals surface area contributed by atoms with Crippen molar-refractivity contribution in [3.63, 3.8) is 0 Å². The van der Waals surface area contributed by atoms with Gasteiger partial charge in [-0.1, -0.05) is 17.7 Å². The molecule has 3 N–H and O–H groups in total. The molecule has 0 aliphatic carbocycles. The van der Waals surface area contributed by atoms with Crippen LogP contribution in [0.3, 0.4) is 0 Å². The molecule has 0 aromatic heterocycles. The Labute approximate surface area is 125 Å². The molecule has 0 spiro atoms. The molecule has 0 radical (unpaired) electrons. The van der Waals surface area contributed by atoms with E-state index in [9.17, 15) is 9.59 Å². The van der Waals surface area contributed by atoms with Crippen LogP contribution in [0.4, 0.5) is 10.5 Å². The van der Waals surface area contributed by atoms with Crippen LogP contribution in [0.15, 0.2) is 22.7 Å². The van der Waals surface area contributed by atoms with Gasteiger partial charge in [-0.05, 0) is 34.5 Å². The van der Waals surface area contributed by atoms with Crippen LogP contribution in [-0.4, -0.2) is 25.0 Å². The molecular weight excluding hydrogens is 334 g/mol. The highest BCUT2D eigenvalue weighted by atomic mass is 79.9. The Balaban J connectivity index is 2.31. The van der Waals surface area contributed by atoms with Gasteiger partial charge in [-0.2, -0.15) is 0 Å². The zero-order valence-corrected chi connectivity index (χ0v) is 12.8. The van der Waals surface area contributed by atoms with E-state index in [1.165, 1.54) is 6.92 Å². The lowest BCUT2D eigenvalue weighted by atomic mass is 10.3. The number of halogens is 2. The molecule has 0 fully saturated rings. The molecule has 0 aliphatic rings. The summed E-state index contributed by atoms with van der Waals surface area (Å²) in [4.78, 5) is 22.2. The Morgan fingerprint density at radius 2 is 1.95 bits per heavy atom. The molecule has 0 heterocycles. The molecule has 0 unspecified atom stereocenters. The molecule has 7 heteroatoms. The van der Waals surface area contributed by atoms with E-state index < -0.39 is 0 Å². The molecule has 5 nitrogen and oxygen atoms in total. The van der Waals surface area contributed by atoms with Crippen LogP contribution in [0.25, 0.3) is 0 Å². The van der Waals surface area contributed by atoms with E-state index in [0.29, 0.717) is 34.7 Å². The number of benzene rings is 1. The van der Waals surface area contributed by atoms with Crippen molar-refractivity contribution in [2.75, 3.05) is 18.4 Å². The fourth-order valence-electron chi connectivity index (χ4n) is 1.32. The zero-order valence-electron chi connectivity index (χ0n) is 10.4. The summed E-state index contributed by atoms with van der Waals surface area (Å²) in [6.45, 7) is 2.47. The van der Waals surface area contributed by atoms with Gasteiger partial charge in [0.05, 0.1) is 15.2 Å². The number of hydrogen-bond donors (Lipinski definition) is 3. The third-order valence-corrected chi connectivity index (χ3v) is 3.61. The van der Waals surface area contributed by atoms with Crippen molar-refractivity contribution in [3.8, 4) is 0 Å². The topological polar surface area (TPSA) is 70.2 Å². The molecule has 1 rings (SSSR count). The summed E-state index contributed by atoms with van der Waals surface area (Å²) in [7, 11) is 0. The van der Waals surface area contributed by atoms with Gasteiger partial charge in [0.2, 0.25) is 5.91 Å². The van der Waals surface area contributed by atoms with E-state index in [4.69, 9.17) is 11.6 Å². The van der Waals surface area contributed by atoms with E-state index in [2.05, 4.69) is 31.9 Å². The van der Waals surface area contributed by atoms with E-state index >= 15 is 0 Å². The lowest BCUT2D eigenvalue weighted by Gasteiger charge is -2.10. The molecule has 0 saturated carbocycles. The molecule has 3 amide bonds. The van der Waals surface area contributed by atoms with Gasteiger partial charge in [-0.25, -0.2) is 4.79 Å². The molecule has 0 bridgehead atoms. The van der Waals surface area contributed by atoms with Gasteiger partial charge in [0, 0.05) is 20.0 Å². The first kappa shape index (κ1) is 15.8. The number of urea groups is 1. The summed E-state index contributed by atoms with van der Waals surface area (Å²) < 4.78 is 0.644. The Morgan fingerprint density at radius 3 is 2.63 bits per heavy atom. The third-order valence-electron chi connectivity index (χ3n) is 2.21. The highest BCUT2D eigenvalue weighted by molar-refractivity contribution is 9.10. The summed E-state index contributed by atoms with van der Waals surface area (Å²) in [6.07, 6.45) is 0.670. The Morgan fingerprint density at radius 1 is 1.26 bits per heavy atom. The molecule has 104 valence electrons. The molecule has 19 heavy (non-hydrogen) atoms. The Kier molecular flexibility index (Phi) is 6.66. The maximum absolute atomic E-state index is 11.6. The predicted molar refractivity (Wildman–Crippen MR) is 79.5 cm³/mol. The molecule has 1 aromatic rings. The van der Waals surface area contributed by atoms with Crippen molar-refractivity contribution in [3.05, 3.63) is 27.7 Å². The van der Waals surface area contributed by atoms with E-state index in [1.807, 2.05) is 0 Å². The fourth-order valence-corrected chi connectivity index (χ4v) is 1.86. The normalized spacial score (nSPS) is 9.84. The van der Waals surface area contributed by atoms with Crippen molar-refractivity contribution in [2.24, 2.45) is 0 Å². The molecule has 0 saturated heterocycles. The third kappa shape index (κ3) is 5.94. The first-order chi connectivity index (χ1) is 9.00. The minimum atomic E-state index is -0.314. The minimum absolute atomic E-state index is 0.0766. The average Bonchev–Trinajstić information content (AvgIpc) is 2.34. The van der Waals surface area contributed by atoms with Crippen molar-refractivity contribution in [1.29, 1.82) is 0 Å². The van der Waals surface area contributed by atoms with Crippen LogP contribution in [-0.2, 0) is 4.79 Å². The highest BCUT2D eigenvalue weighted by Gasteiger charge is 2.06. The van der Waals surface area contributed by atoms with Crippen molar-refractivity contribution < 1.29 is 9.59 Å². The summed E-state index contributed by atoms with van der Waals surface area (Å²) in [6, 6.07) is 4.90. The smallest absolute Gasteiger partial charge is 0.319 e. The largest absolute Gasteiger partial charge is 0.356 e. The van der Waals surface area contributed by atoms with Gasteiger partial charge < -0.3 is 16.0 Å². The quantitative estimate of drug-likeness (QED) is 0.716. The van der Waals surface area contributed by atoms with Gasteiger partial charge in [0.1, 0.15) is 0 Å². The van der Waals surface area contributed by atoms with Crippen molar-refractivity contribution in [1.82, 2.24) is 10.6 Å². The van der Waals surface area contributed by atoms with Crippen LogP contribution in [0.1, 0.15) is 13.3 Å². The first-order valence-electron chi connectivity index (χ1n) is 5.74. The van der Waals surface area contributed by atoms with Gasteiger partial charge in [-0.15, -0.1) is 0 Å². The van der Waals surface area contributed by atoms with Gasteiger partial charge in [0.25, 0.3) is 0 Å². The average molecular weight is 349 g/mol. The highest BCUT2D eigenvalue weighted by Crippen LogP contribution is 2.29. The van der Waals surface area contributed by atoms with Gasteiger partial charge in [0.15, 0.2) is 0 Å². The maximum atomic E-state index is 11.6. The zero-order chi connectivity index (χ0) is 14.3. The second-order valence-corrected chi connectivity index (χ2v) is 5.02. The fraction of sp³-hybridized carbons (Fsp3) is 0.333. The van der Waals surface area contributed by atoms with Crippen LogP contribution >= 0.6 is 27.5 Å². The predicted octanol–water partition coefficient (Wildman–Crippen LogP) is 2.75. The number of carbonyl (C=O) groups excluding carboxylic acids is 2. The SMILES string of the molecule is CC(=O)NCCCNC(=O)Nc1cccc(Cl)c1Br. The van der Waals surface area contributed by atoms with E-state index in [-0.39, 0.29) is 11.9 Å². The van der Waals surface area contributed by atoms with Crippen LogP contribution in [0, 0.1) is 0 Å². The molecular formula is C12H15BrClN3O2. The monoisotopic (exact) mass is 347 g/mol. The number of amides is 3. The standard InChI is InChI=1S/C12H15BrClN3O2/c1-8(18)15-6-3-7-16-12(19)17-10-5-2-4-9(14)11(10)13/h2,4-5H,3,6-7H2,1H3,(H,15,18)(H2,16,17,19). The second kappa shape index (κ2) is 8.01. The summed E-state index contributed by atoms with van der Waals surface area (Å²) in [5, 5.41) is 8.55. The van der Waals surface area contributed by atoms with Crippen LogP contribution in [0.5, 0.6) is 0 Å². The van der Waals surface area contributed by atoms with Crippen LogP contribution in [0.2, 0.25) is 5.02 Å². The van der Waals surface area contributed by atoms with Crippen molar-refractivity contribution >= 4 is 45.2 Å². The number of carbonyl (C=O) groups is 2. The second-order valence-electron chi connectivity index (χ2n) is 3.82. The summed E-state index contributed by atoms with van der Waals surface area (Å²) in [5.41, 5.74) is 0.604. The molecule has 0 atom stereocenters. The Bertz CT molecular complexity index is 468. The number of rotatable bonds is 5. The van der Waals surface area contributed by atoms with Crippen molar-refractivity contribution in [2.45, 2.75) is 13.3 Å². The lowest BCUT2D eigenvalue weighted by Crippen LogP contribution is -2.32. The summed E-state index contributed by atoms with van der Waals surface area (Å²) in [5.74, 6) is -0.0766. The molecule has 0 aliphatic heterocycles. The molecule has 1 aromatic carbocycles. The van der Waals surface area contributed by atoms with E-state index in [0.717, 1.165) is 0 Å². The maximum Gasteiger partial charge on any atom is 0.319 e. The Hall–Kier alpha value is -1.27. The minimum Gasteiger partial charge on any atom is -0.356 e. The van der Waals surface area contributed by atoms with E-state index in [1.54, 1.807) is 18.2 Å². The van der Waals surface area contributed by atoms with Crippen LogP contribution < -0.4 is 16.0 Å².